The topological polar surface area (TPSA) is 40.5 Å². The van der Waals surface area contributed by atoms with Crippen molar-refractivity contribution in [3.05, 3.63) is 21.9 Å². The van der Waals surface area contributed by atoms with Crippen LogP contribution in [0.1, 0.15) is 42.7 Å². The highest BCUT2D eigenvalue weighted by Gasteiger charge is 2.51. The minimum atomic E-state index is -0.609. The predicted octanol–water partition coefficient (Wildman–Crippen LogP) is 3.06. The summed E-state index contributed by atoms with van der Waals surface area (Å²) in [5.74, 6) is -0.756. The number of nitrogens with zero attached hydrogens (tertiary/aromatic N) is 1. The first kappa shape index (κ1) is 12.2. The second-order valence-electron chi connectivity index (χ2n) is 5.57. The van der Waals surface area contributed by atoms with Crippen LogP contribution in [0.2, 0.25) is 0 Å². The maximum absolute atomic E-state index is 11.3. The molecule has 2 saturated heterocycles. The van der Waals surface area contributed by atoms with Crippen LogP contribution >= 0.6 is 11.3 Å². The van der Waals surface area contributed by atoms with Gasteiger partial charge in [0.05, 0.1) is 5.92 Å². The molecular formula is C14H19NO2S. The molecule has 0 amide bonds. The lowest BCUT2D eigenvalue weighted by Crippen LogP contribution is -2.34. The Hall–Kier alpha value is -0.870. The van der Waals surface area contributed by atoms with Crippen LogP contribution in [0.4, 0.5) is 0 Å². The molecule has 0 spiro atoms. The van der Waals surface area contributed by atoms with Crippen LogP contribution in [0.25, 0.3) is 0 Å². The number of carboxylic acid groups (broad SMARTS) is 1. The summed E-state index contributed by atoms with van der Waals surface area (Å²) in [4.78, 5) is 15.2. The van der Waals surface area contributed by atoms with Gasteiger partial charge in [-0.1, -0.05) is 0 Å². The zero-order chi connectivity index (χ0) is 12.9. The van der Waals surface area contributed by atoms with Gasteiger partial charge in [-0.3, -0.25) is 9.69 Å². The van der Waals surface area contributed by atoms with Crippen molar-refractivity contribution in [3.8, 4) is 0 Å². The van der Waals surface area contributed by atoms with Gasteiger partial charge in [-0.25, -0.2) is 0 Å². The van der Waals surface area contributed by atoms with E-state index in [0.29, 0.717) is 12.1 Å². The zero-order valence-corrected chi connectivity index (χ0v) is 11.6. The first-order valence-corrected chi connectivity index (χ1v) is 7.51. The molecule has 0 aromatic carbocycles. The summed E-state index contributed by atoms with van der Waals surface area (Å²) < 4.78 is 0. The van der Waals surface area contributed by atoms with E-state index in [0.717, 1.165) is 12.8 Å². The normalized spacial score (nSPS) is 32.9. The van der Waals surface area contributed by atoms with Crippen LogP contribution in [0.3, 0.4) is 0 Å². The minimum absolute atomic E-state index is 0.147. The van der Waals surface area contributed by atoms with E-state index in [4.69, 9.17) is 0 Å². The molecule has 2 fully saturated rings. The first-order valence-electron chi connectivity index (χ1n) is 6.64. The molecule has 18 heavy (non-hydrogen) atoms. The second kappa shape index (κ2) is 4.35. The van der Waals surface area contributed by atoms with Crippen LogP contribution in [-0.4, -0.2) is 28.1 Å². The number of carboxylic acids is 1. The standard InChI is InChI=1S/C14H19NO2S/c1-8-5-6-18-13(8)9(2)15-10-3-4-12(15)11(7-10)14(16)17/h5-6,9-12H,3-4,7H2,1-2H3,(H,16,17). The van der Waals surface area contributed by atoms with Crippen molar-refractivity contribution in [1.29, 1.82) is 0 Å². The quantitative estimate of drug-likeness (QED) is 0.913. The summed E-state index contributed by atoms with van der Waals surface area (Å²) in [6, 6.07) is 3.26. The number of hydrogen-bond acceptors (Lipinski definition) is 3. The summed E-state index contributed by atoms with van der Waals surface area (Å²) >= 11 is 1.80. The fourth-order valence-corrected chi connectivity index (χ4v) is 4.84. The third-order valence-corrected chi connectivity index (χ3v) is 5.83. The van der Waals surface area contributed by atoms with E-state index < -0.39 is 5.97 Å². The molecule has 1 aromatic heterocycles. The summed E-state index contributed by atoms with van der Waals surface area (Å²) in [5.41, 5.74) is 1.34. The Morgan fingerprint density at radius 1 is 1.56 bits per heavy atom. The van der Waals surface area contributed by atoms with Crippen molar-refractivity contribution in [2.24, 2.45) is 5.92 Å². The van der Waals surface area contributed by atoms with Crippen LogP contribution in [0.15, 0.2) is 11.4 Å². The average Bonchev–Trinajstić information content (AvgIpc) is 3.01. The fourth-order valence-electron chi connectivity index (χ4n) is 3.85. The van der Waals surface area contributed by atoms with E-state index in [1.807, 2.05) is 0 Å². The lowest BCUT2D eigenvalue weighted by Gasteiger charge is -2.29. The summed E-state index contributed by atoms with van der Waals surface area (Å²) in [6.07, 6.45) is 3.06. The molecule has 3 rings (SSSR count). The zero-order valence-electron chi connectivity index (χ0n) is 10.8. The molecule has 0 aliphatic carbocycles. The number of aliphatic carboxylic acids is 1. The summed E-state index contributed by atoms with van der Waals surface area (Å²) in [5, 5.41) is 11.4. The molecule has 2 aliphatic heterocycles. The molecule has 3 heterocycles. The van der Waals surface area contributed by atoms with Gasteiger partial charge in [-0.05, 0) is 50.1 Å². The molecule has 98 valence electrons. The Balaban J connectivity index is 1.86. The Kier molecular flexibility index (Phi) is 2.94. The van der Waals surface area contributed by atoms with Crippen molar-refractivity contribution in [2.45, 2.75) is 51.2 Å². The van der Waals surface area contributed by atoms with Crippen molar-refractivity contribution < 1.29 is 9.90 Å². The maximum atomic E-state index is 11.3. The Morgan fingerprint density at radius 3 is 2.89 bits per heavy atom. The molecule has 0 radical (unpaired) electrons. The maximum Gasteiger partial charge on any atom is 0.308 e. The number of carbonyl (C=O) groups is 1. The van der Waals surface area contributed by atoms with Gasteiger partial charge >= 0.3 is 5.97 Å². The van der Waals surface area contributed by atoms with E-state index >= 15 is 0 Å². The van der Waals surface area contributed by atoms with Crippen LogP contribution < -0.4 is 0 Å². The first-order chi connectivity index (χ1) is 8.59. The highest BCUT2D eigenvalue weighted by Crippen LogP contribution is 2.47. The smallest absolute Gasteiger partial charge is 0.308 e. The van der Waals surface area contributed by atoms with E-state index in [9.17, 15) is 9.90 Å². The van der Waals surface area contributed by atoms with Gasteiger partial charge in [0.25, 0.3) is 0 Å². The average molecular weight is 265 g/mol. The second-order valence-corrected chi connectivity index (χ2v) is 6.52. The molecular weight excluding hydrogens is 246 g/mol. The molecule has 2 aliphatic rings. The number of rotatable bonds is 3. The Bertz CT molecular complexity index is 470. The van der Waals surface area contributed by atoms with Gasteiger partial charge < -0.3 is 5.11 Å². The lowest BCUT2D eigenvalue weighted by molar-refractivity contribution is -0.142. The Labute approximate surface area is 111 Å². The van der Waals surface area contributed by atoms with Crippen molar-refractivity contribution >= 4 is 17.3 Å². The largest absolute Gasteiger partial charge is 0.481 e. The minimum Gasteiger partial charge on any atom is -0.481 e. The molecule has 4 unspecified atom stereocenters. The third-order valence-electron chi connectivity index (χ3n) is 4.64. The highest BCUT2D eigenvalue weighted by atomic mass is 32.1. The van der Waals surface area contributed by atoms with E-state index in [1.165, 1.54) is 16.9 Å². The fraction of sp³-hybridized carbons (Fsp3) is 0.643. The van der Waals surface area contributed by atoms with E-state index in [2.05, 4.69) is 30.2 Å². The third kappa shape index (κ3) is 1.70. The molecule has 2 bridgehead atoms. The lowest BCUT2D eigenvalue weighted by atomic mass is 9.89. The number of thiophene rings is 1. The van der Waals surface area contributed by atoms with Crippen molar-refractivity contribution in [2.75, 3.05) is 0 Å². The molecule has 0 saturated carbocycles. The molecule has 1 N–H and O–H groups in total. The predicted molar refractivity (Wildman–Crippen MR) is 71.9 cm³/mol. The number of fused-ring (bicyclic) bond motifs is 2. The van der Waals surface area contributed by atoms with Crippen molar-refractivity contribution in [3.63, 3.8) is 0 Å². The molecule has 4 atom stereocenters. The van der Waals surface area contributed by atoms with Crippen molar-refractivity contribution in [1.82, 2.24) is 4.90 Å². The highest BCUT2D eigenvalue weighted by molar-refractivity contribution is 7.10. The van der Waals surface area contributed by atoms with Gasteiger partial charge in [0.2, 0.25) is 0 Å². The summed E-state index contributed by atoms with van der Waals surface area (Å²) in [7, 11) is 0. The monoisotopic (exact) mass is 265 g/mol. The number of hydrogen-bond donors (Lipinski definition) is 1. The van der Waals surface area contributed by atoms with Gasteiger partial charge in [-0.15, -0.1) is 11.3 Å². The summed E-state index contributed by atoms with van der Waals surface area (Å²) in [6.45, 7) is 4.38. The molecule has 4 heteroatoms. The van der Waals surface area contributed by atoms with Gasteiger partial charge in [0.15, 0.2) is 0 Å². The van der Waals surface area contributed by atoms with Crippen LogP contribution in [0.5, 0.6) is 0 Å². The van der Waals surface area contributed by atoms with E-state index in [1.54, 1.807) is 11.3 Å². The van der Waals surface area contributed by atoms with Gasteiger partial charge in [-0.2, -0.15) is 0 Å². The van der Waals surface area contributed by atoms with Gasteiger partial charge in [0, 0.05) is 23.0 Å². The molecule has 1 aromatic rings. The van der Waals surface area contributed by atoms with Crippen LogP contribution in [0, 0.1) is 12.8 Å². The number of aryl methyl sites for hydroxylation is 1. The van der Waals surface area contributed by atoms with E-state index in [-0.39, 0.29) is 12.0 Å². The molecule has 3 nitrogen and oxygen atoms in total. The SMILES string of the molecule is Cc1ccsc1C(C)N1C2CCC1C(C(=O)O)C2. The Morgan fingerprint density at radius 2 is 2.33 bits per heavy atom. The van der Waals surface area contributed by atoms with Crippen LogP contribution in [-0.2, 0) is 4.79 Å². The van der Waals surface area contributed by atoms with Gasteiger partial charge in [0.1, 0.15) is 0 Å².